The molecule has 0 spiro atoms. The number of hydrogen-bond acceptors (Lipinski definition) is 6. The lowest BCUT2D eigenvalue weighted by atomic mass is 10.2. The second-order valence-corrected chi connectivity index (χ2v) is 5.54. The molecule has 2 heterocycles. The van der Waals surface area contributed by atoms with Gasteiger partial charge in [0.2, 0.25) is 0 Å². The number of methoxy groups -OCH3 is 1. The molecule has 2 rings (SSSR count). The number of fused-ring (bicyclic) bond motifs is 1. The van der Waals surface area contributed by atoms with Crippen molar-refractivity contribution in [3.05, 3.63) is 26.6 Å². The van der Waals surface area contributed by atoms with Gasteiger partial charge in [0, 0.05) is 26.6 Å². The molecule has 0 aliphatic carbocycles. The fraction of sp³-hybridized carbons (Fsp3) is 0.462. The van der Waals surface area contributed by atoms with Crippen molar-refractivity contribution in [3.63, 3.8) is 0 Å². The Bertz CT molecular complexity index is 707. The Morgan fingerprint density at radius 1 is 1.52 bits per heavy atom. The molecular formula is C13H18N4O3S. The highest BCUT2D eigenvalue weighted by Crippen LogP contribution is 2.26. The smallest absolute Gasteiger partial charge is 0.261 e. The van der Waals surface area contributed by atoms with Gasteiger partial charge in [-0.1, -0.05) is 0 Å². The molecule has 4 N–H and O–H groups in total. The highest BCUT2D eigenvalue weighted by molar-refractivity contribution is 7.20. The van der Waals surface area contributed by atoms with Crippen molar-refractivity contribution >= 4 is 27.5 Å². The molecule has 0 aromatic carbocycles. The van der Waals surface area contributed by atoms with Crippen molar-refractivity contribution in [2.45, 2.75) is 13.3 Å². The number of aryl methyl sites for hydroxylation is 1. The Labute approximate surface area is 125 Å². The Kier molecular flexibility index (Phi) is 5.05. The van der Waals surface area contributed by atoms with Gasteiger partial charge >= 0.3 is 0 Å². The molecule has 0 atom stereocenters. The third kappa shape index (κ3) is 3.29. The number of H-pyrrole nitrogens is 1. The van der Waals surface area contributed by atoms with Crippen LogP contribution in [-0.4, -0.2) is 42.7 Å². The van der Waals surface area contributed by atoms with E-state index in [1.54, 1.807) is 14.0 Å². The van der Waals surface area contributed by atoms with E-state index in [0.29, 0.717) is 52.6 Å². The molecule has 114 valence electrons. The monoisotopic (exact) mass is 310 g/mol. The quantitative estimate of drug-likeness (QED) is 0.704. The lowest BCUT2D eigenvalue weighted by Crippen LogP contribution is -2.28. The number of amides is 1. The summed E-state index contributed by atoms with van der Waals surface area (Å²) in [6, 6.07) is 0. The highest BCUT2D eigenvalue weighted by atomic mass is 32.1. The zero-order chi connectivity index (χ0) is 15.4. The van der Waals surface area contributed by atoms with Crippen molar-refractivity contribution in [1.29, 1.82) is 0 Å². The van der Waals surface area contributed by atoms with Crippen LogP contribution in [0.15, 0.2) is 4.79 Å². The lowest BCUT2D eigenvalue weighted by Gasteiger charge is -2.01. The van der Waals surface area contributed by atoms with Gasteiger partial charge in [-0.15, -0.1) is 11.3 Å². The maximum absolute atomic E-state index is 12.2. The van der Waals surface area contributed by atoms with E-state index in [1.165, 1.54) is 11.3 Å². The predicted molar refractivity (Wildman–Crippen MR) is 81.9 cm³/mol. The van der Waals surface area contributed by atoms with Crippen LogP contribution in [0.4, 0.5) is 0 Å². The van der Waals surface area contributed by atoms with Crippen LogP contribution in [0, 0.1) is 6.92 Å². The average molecular weight is 310 g/mol. The van der Waals surface area contributed by atoms with E-state index in [2.05, 4.69) is 15.3 Å². The van der Waals surface area contributed by atoms with Crippen molar-refractivity contribution in [3.8, 4) is 0 Å². The largest absolute Gasteiger partial charge is 0.384 e. The van der Waals surface area contributed by atoms with Crippen molar-refractivity contribution < 1.29 is 9.53 Å². The number of nitrogens with one attached hydrogen (secondary N) is 2. The average Bonchev–Trinajstić information content (AvgIpc) is 2.80. The first-order chi connectivity index (χ1) is 10.1. The summed E-state index contributed by atoms with van der Waals surface area (Å²) in [5.74, 6) is 0.336. The van der Waals surface area contributed by atoms with Crippen LogP contribution in [0.3, 0.4) is 0 Å². The van der Waals surface area contributed by atoms with E-state index in [-0.39, 0.29) is 11.5 Å². The molecule has 21 heavy (non-hydrogen) atoms. The molecule has 2 aromatic rings. The van der Waals surface area contributed by atoms with Crippen LogP contribution in [0.2, 0.25) is 0 Å². The van der Waals surface area contributed by atoms with E-state index in [4.69, 9.17) is 10.5 Å². The van der Waals surface area contributed by atoms with Crippen LogP contribution < -0.4 is 16.6 Å². The maximum atomic E-state index is 12.2. The molecule has 0 fully saturated rings. The minimum absolute atomic E-state index is 0.223. The number of nitrogens with zero attached hydrogens (tertiary/aromatic N) is 1. The Hall–Kier alpha value is -1.77. The summed E-state index contributed by atoms with van der Waals surface area (Å²) >= 11 is 1.22. The molecule has 0 saturated carbocycles. The summed E-state index contributed by atoms with van der Waals surface area (Å²) in [6.07, 6.45) is 0.521. The molecule has 1 amide bonds. The van der Waals surface area contributed by atoms with Gasteiger partial charge in [-0.3, -0.25) is 9.59 Å². The molecule has 8 heteroatoms. The number of aromatic amines is 1. The summed E-state index contributed by atoms with van der Waals surface area (Å²) in [5, 5.41) is 3.18. The molecule has 0 aliphatic rings. The fourth-order valence-electron chi connectivity index (χ4n) is 1.99. The van der Waals surface area contributed by atoms with Gasteiger partial charge < -0.3 is 20.8 Å². The van der Waals surface area contributed by atoms with Gasteiger partial charge in [-0.05, 0) is 12.5 Å². The number of carbonyl (C=O) groups is 1. The van der Waals surface area contributed by atoms with E-state index in [0.717, 1.165) is 0 Å². The van der Waals surface area contributed by atoms with Crippen LogP contribution in [-0.2, 0) is 11.2 Å². The predicted octanol–water partition coefficient (Wildman–Crippen LogP) is 0.170. The minimum Gasteiger partial charge on any atom is -0.384 e. The number of ether oxygens (including phenoxy) is 1. The number of thiophene rings is 1. The third-order valence-corrected chi connectivity index (χ3v) is 4.21. The van der Waals surface area contributed by atoms with Gasteiger partial charge in [0.15, 0.2) is 0 Å². The Balaban J connectivity index is 2.42. The van der Waals surface area contributed by atoms with E-state index in [9.17, 15) is 9.59 Å². The fourth-order valence-corrected chi connectivity index (χ4v) is 3.11. The number of hydrogen-bond donors (Lipinski definition) is 3. The molecule has 7 nitrogen and oxygen atoms in total. The lowest BCUT2D eigenvalue weighted by molar-refractivity contribution is 0.0958. The summed E-state index contributed by atoms with van der Waals surface area (Å²) in [5.41, 5.74) is 5.79. The SMILES string of the molecule is COCCc1nc2sc(C(=O)NCCN)c(C)c2c(=O)[nH]1. The minimum atomic E-state index is -0.224. The third-order valence-electron chi connectivity index (χ3n) is 3.03. The first kappa shape index (κ1) is 15.6. The number of rotatable bonds is 6. The molecule has 0 bridgehead atoms. The van der Waals surface area contributed by atoms with Crippen molar-refractivity contribution in [1.82, 2.24) is 15.3 Å². The summed E-state index contributed by atoms with van der Waals surface area (Å²) in [6.45, 7) is 3.00. The second-order valence-electron chi connectivity index (χ2n) is 4.54. The number of nitrogens with two attached hydrogens (primary N) is 1. The van der Waals surface area contributed by atoms with E-state index >= 15 is 0 Å². The Morgan fingerprint density at radius 2 is 2.29 bits per heavy atom. The summed E-state index contributed by atoms with van der Waals surface area (Å²) in [7, 11) is 1.59. The first-order valence-corrected chi connectivity index (χ1v) is 7.39. The maximum Gasteiger partial charge on any atom is 0.261 e. The normalized spacial score (nSPS) is 11.0. The zero-order valence-electron chi connectivity index (χ0n) is 12.0. The van der Waals surface area contributed by atoms with Gasteiger partial charge in [0.1, 0.15) is 10.7 Å². The first-order valence-electron chi connectivity index (χ1n) is 6.58. The second kappa shape index (κ2) is 6.79. The van der Waals surface area contributed by atoms with Gasteiger partial charge in [-0.2, -0.15) is 0 Å². The van der Waals surface area contributed by atoms with Crippen molar-refractivity contribution in [2.75, 3.05) is 26.8 Å². The molecule has 0 unspecified atom stereocenters. The molecule has 2 aromatic heterocycles. The standard InChI is InChI=1S/C13H18N4O3S/c1-7-9-11(18)16-8(3-6-20-2)17-13(9)21-10(7)12(19)15-5-4-14/h3-6,14H2,1-2H3,(H,15,19)(H,16,17,18). The van der Waals surface area contributed by atoms with Gasteiger partial charge in [-0.25, -0.2) is 4.98 Å². The molecule has 0 saturated heterocycles. The molecule has 0 radical (unpaired) electrons. The van der Waals surface area contributed by atoms with Crippen LogP contribution in [0.1, 0.15) is 21.1 Å². The van der Waals surface area contributed by atoms with E-state index < -0.39 is 0 Å². The zero-order valence-corrected chi connectivity index (χ0v) is 12.8. The molecular weight excluding hydrogens is 292 g/mol. The Morgan fingerprint density at radius 3 is 2.95 bits per heavy atom. The number of carbonyl (C=O) groups excluding carboxylic acids is 1. The van der Waals surface area contributed by atoms with Gasteiger partial charge in [0.05, 0.1) is 16.9 Å². The van der Waals surface area contributed by atoms with E-state index in [1.807, 2.05) is 0 Å². The van der Waals surface area contributed by atoms with Crippen LogP contribution in [0.25, 0.3) is 10.2 Å². The van der Waals surface area contributed by atoms with Crippen molar-refractivity contribution in [2.24, 2.45) is 5.73 Å². The molecule has 0 aliphatic heterocycles. The van der Waals surface area contributed by atoms with Gasteiger partial charge in [0.25, 0.3) is 11.5 Å². The topological polar surface area (TPSA) is 110 Å². The van der Waals surface area contributed by atoms with Crippen LogP contribution in [0.5, 0.6) is 0 Å². The summed E-state index contributed by atoms with van der Waals surface area (Å²) < 4.78 is 4.97. The van der Waals surface area contributed by atoms with Crippen LogP contribution >= 0.6 is 11.3 Å². The summed E-state index contributed by atoms with van der Waals surface area (Å²) in [4.78, 5) is 32.4. The highest BCUT2D eigenvalue weighted by Gasteiger charge is 2.18. The number of aromatic nitrogens is 2.